The number of hydrogen-bond donors (Lipinski definition) is 1. The molecule has 3 aliphatic rings. The number of hydrogen-bond acceptors (Lipinski definition) is 6. The Balaban J connectivity index is 1.14. The summed E-state index contributed by atoms with van der Waals surface area (Å²) in [5.74, 6) is -4.34. The smallest absolute Gasteiger partial charge is 0.290 e. The summed E-state index contributed by atoms with van der Waals surface area (Å²) in [4.78, 5) is 22.7. The van der Waals surface area contributed by atoms with E-state index < -0.39 is 35.8 Å². The molecule has 3 aromatic rings. The van der Waals surface area contributed by atoms with Gasteiger partial charge in [-0.3, -0.25) is 4.79 Å². The molecule has 0 aromatic carbocycles. The van der Waals surface area contributed by atoms with Crippen LogP contribution in [0.25, 0.3) is 0 Å². The number of aromatic nitrogens is 4. The van der Waals surface area contributed by atoms with E-state index in [1.807, 2.05) is 11.6 Å². The van der Waals surface area contributed by atoms with Crippen molar-refractivity contribution in [3.8, 4) is 0 Å². The number of rotatable bonds is 6. The number of nitrogens with zero attached hydrogens (tertiary/aromatic N) is 5. The number of carbonyl (C=O) groups excluding carboxylic acids is 1. The lowest BCUT2D eigenvalue weighted by Gasteiger charge is -2.22. The molecule has 184 valence electrons. The molecule has 4 heterocycles. The van der Waals surface area contributed by atoms with Crippen molar-refractivity contribution in [3.05, 3.63) is 58.6 Å². The van der Waals surface area contributed by atoms with Gasteiger partial charge in [-0.2, -0.15) is 0 Å². The average molecular weight is 490 g/mol. The molecule has 2 fully saturated rings. The number of piperidine rings is 1. The van der Waals surface area contributed by atoms with Crippen molar-refractivity contribution in [1.82, 2.24) is 25.0 Å². The first kappa shape index (κ1) is 22.1. The Hall–Kier alpha value is -3.44. The molecule has 35 heavy (non-hydrogen) atoms. The van der Waals surface area contributed by atoms with Crippen molar-refractivity contribution >= 4 is 11.7 Å². The van der Waals surface area contributed by atoms with Gasteiger partial charge in [0, 0.05) is 38.3 Å². The zero-order chi connectivity index (χ0) is 24.5. The van der Waals surface area contributed by atoms with E-state index >= 15 is 0 Å². The predicted octanol–water partition coefficient (Wildman–Crippen LogP) is 3.45. The van der Waals surface area contributed by atoms with Crippen LogP contribution in [0.4, 0.5) is 23.4 Å². The highest BCUT2D eigenvalue weighted by molar-refractivity contribution is 5.91. The summed E-state index contributed by atoms with van der Waals surface area (Å²) < 4.78 is 61.6. The van der Waals surface area contributed by atoms with Crippen molar-refractivity contribution in [3.63, 3.8) is 0 Å². The molecular formula is C23H22F4N6O2. The van der Waals surface area contributed by atoms with Gasteiger partial charge >= 0.3 is 0 Å². The normalized spacial score (nSPS) is 24.1. The van der Waals surface area contributed by atoms with E-state index in [1.165, 1.54) is 12.1 Å². The van der Waals surface area contributed by atoms with Gasteiger partial charge in [-0.25, -0.2) is 27.5 Å². The second kappa shape index (κ2) is 7.79. The second-order valence-corrected chi connectivity index (χ2v) is 9.42. The summed E-state index contributed by atoms with van der Waals surface area (Å²) in [6.07, 6.45) is 0.371. The van der Waals surface area contributed by atoms with Crippen LogP contribution in [-0.4, -0.2) is 44.6 Å². The summed E-state index contributed by atoms with van der Waals surface area (Å²) in [7, 11) is 1.90. The Morgan fingerprint density at radius 2 is 2.06 bits per heavy atom. The minimum atomic E-state index is -2.85. The summed E-state index contributed by atoms with van der Waals surface area (Å²) >= 11 is 0. The van der Waals surface area contributed by atoms with E-state index in [-0.39, 0.29) is 42.7 Å². The number of alkyl halides is 4. The molecule has 0 bridgehead atoms. The first-order chi connectivity index (χ1) is 16.7. The highest BCUT2D eigenvalue weighted by Crippen LogP contribution is 2.59. The molecule has 3 aromatic heterocycles. The summed E-state index contributed by atoms with van der Waals surface area (Å²) in [5.41, 5.74) is 2.00. The number of carbonyl (C=O) groups is 1. The van der Waals surface area contributed by atoms with Gasteiger partial charge in [-0.15, -0.1) is 0 Å². The van der Waals surface area contributed by atoms with Gasteiger partial charge < -0.3 is 19.3 Å². The molecule has 3 atom stereocenters. The molecule has 0 spiro atoms. The van der Waals surface area contributed by atoms with E-state index in [0.717, 1.165) is 24.2 Å². The molecule has 0 radical (unpaired) electrons. The van der Waals surface area contributed by atoms with E-state index in [4.69, 9.17) is 4.52 Å². The lowest BCUT2D eigenvalue weighted by molar-refractivity contribution is 0.0796. The standard InChI is InChI=1S/C23H22F4N6O2/c1-32-10-28-20-15(3-4-16(20)32)29-22(34)17-7-12(31-35-17)6-11-2-5-18(30-19(11)21(24)25)33-8-13-14(9-33)23(13,26)27/h2,5,7,10,13-15,21H,3-4,6,8-9H2,1H3,(H,29,34)/t13?,14?,15-/m1/s1. The van der Waals surface area contributed by atoms with Gasteiger partial charge in [0.05, 0.1) is 35.6 Å². The van der Waals surface area contributed by atoms with Crippen molar-refractivity contribution in [2.75, 3.05) is 18.0 Å². The Morgan fingerprint density at radius 3 is 2.80 bits per heavy atom. The Labute approximate surface area is 197 Å². The highest BCUT2D eigenvalue weighted by atomic mass is 19.3. The third kappa shape index (κ3) is 3.66. The molecule has 1 aliphatic heterocycles. The minimum absolute atomic E-state index is 0.0130. The van der Waals surface area contributed by atoms with Crippen LogP contribution in [0, 0.1) is 11.8 Å². The molecule has 6 rings (SSSR count). The number of anilines is 1. The third-order valence-corrected chi connectivity index (χ3v) is 7.28. The maximum absolute atomic E-state index is 13.8. The quantitative estimate of drug-likeness (QED) is 0.533. The molecule has 12 heteroatoms. The molecule has 8 nitrogen and oxygen atoms in total. The number of fused-ring (bicyclic) bond motifs is 2. The van der Waals surface area contributed by atoms with E-state index in [2.05, 4.69) is 20.4 Å². The molecule has 1 saturated carbocycles. The van der Waals surface area contributed by atoms with Crippen LogP contribution in [0.5, 0.6) is 0 Å². The van der Waals surface area contributed by atoms with E-state index in [9.17, 15) is 22.4 Å². The monoisotopic (exact) mass is 490 g/mol. The summed E-state index contributed by atoms with van der Waals surface area (Å²) in [6, 6.07) is 4.25. The maximum Gasteiger partial charge on any atom is 0.290 e. The number of halogens is 4. The second-order valence-electron chi connectivity index (χ2n) is 9.42. The number of imidazole rings is 1. The lowest BCUT2D eigenvalue weighted by Crippen LogP contribution is -2.28. The van der Waals surface area contributed by atoms with Crippen LogP contribution in [0.3, 0.4) is 0 Å². The fourth-order valence-corrected chi connectivity index (χ4v) is 5.26. The zero-order valence-electron chi connectivity index (χ0n) is 18.7. The third-order valence-electron chi connectivity index (χ3n) is 7.28. The molecule has 1 amide bonds. The molecule has 1 N–H and O–H groups in total. The van der Waals surface area contributed by atoms with Crippen LogP contribution in [0.2, 0.25) is 0 Å². The number of aryl methyl sites for hydroxylation is 1. The van der Waals surface area contributed by atoms with Crippen LogP contribution in [0.15, 0.2) is 29.0 Å². The highest BCUT2D eigenvalue weighted by Gasteiger charge is 2.71. The molecule has 2 unspecified atom stereocenters. The summed E-state index contributed by atoms with van der Waals surface area (Å²) in [5, 5.41) is 6.75. The van der Waals surface area contributed by atoms with Crippen molar-refractivity contribution in [2.45, 2.75) is 37.7 Å². The van der Waals surface area contributed by atoms with Crippen molar-refractivity contribution in [1.29, 1.82) is 0 Å². The topological polar surface area (TPSA) is 89.1 Å². The summed E-state index contributed by atoms with van der Waals surface area (Å²) in [6.45, 7) is 0.213. The number of nitrogens with one attached hydrogen (secondary N) is 1. The molecular weight excluding hydrogens is 468 g/mol. The van der Waals surface area contributed by atoms with Gasteiger partial charge in [0.15, 0.2) is 0 Å². The first-order valence-electron chi connectivity index (χ1n) is 11.4. The predicted molar refractivity (Wildman–Crippen MR) is 114 cm³/mol. The fourth-order valence-electron chi connectivity index (χ4n) is 5.26. The molecule has 2 aliphatic carbocycles. The minimum Gasteiger partial charge on any atom is -0.356 e. The Bertz CT molecular complexity index is 1290. The van der Waals surface area contributed by atoms with Gasteiger partial charge in [0.25, 0.3) is 18.3 Å². The van der Waals surface area contributed by atoms with E-state index in [1.54, 1.807) is 17.3 Å². The Kier molecular flexibility index (Phi) is 4.91. The van der Waals surface area contributed by atoms with Crippen molar-refractivity contribution < 1.29 is 26.9 Å². The largest absolute Gasteiger partial charge is 0.356 e. The van der Waals surface area contributed by atoms with E-state index in [0.29, 0.717) is 5.69 Å². The average Bonchev–Trinajstić information content (AvgIpc) is 3.46. The Morgan fingerprint density at radius 1 is 1.29 bits per heavy atom. The number of pyridine rings is 1. The van der Waals surface area contributed by atoms with Crippen LogP contribution < -0.4 is 10.2 Å². The van der Waals surface area contributed by atoms with Crippen LogP contribution in [0.1, 0.15) is 57.8 Å². The van der Waals surface area contributed by atoms with Crippen LogP contribution >= 0.6 is 0 Å². The van der Waals surface area contributed by atoms with Gasteiger partial charge in [-0.1, -0.05) is 11.2 Å². The van der Waals surface area contributed by atoms with Crippen molar-refractivity contribution in [2.24, 2.45) is 18.9 Å². The lowest BCUT2D eigenvalue weighted by atomic mass is 10.1. The number of amides is 1. The molecule has 1 saturated heterocycles. The SMILES string of the molecule is Cn1cnc2c1CC[C@H]2NC(=O)c1cc(Cc2ccc(N3CC4C(C3)C4(F)F)nc2C(F)F)no1. The zero-order valence-corrected chi connectivity index (χ0v) is 18.7. The van der Waals surface area contributed by atoms with Crippen LogP contribution in [-0.2, 0) is 19.9 Å². The first-order valence-corrected chi connectivity index (χ1v) is 11.4. The fraction of sp³-hybridized carbons (Fsp3) is 0.478. The van der Waals surface area contributed by atoms with Gasteiger partial charge in [0.2, 0.25) is 5.76 Å². The van der Waals surface area contributed by atoms with Gasteiger partial charge in [-0.05, 0) is 24.5 Å². The maximum atomic E-state index is 13.8. The van der Waals surface area contributed by atoms with Gasteiger partial charge in [0.1, 0.15) is 11.5 Å².